The van der Waals surface area contributed by atoms with Crippen molar-refractivity contribution in [1.82, 2.24) is 24.8 Å². The number of carbonyl (C=O) groups excluding carboxylic acids is 1. The Morgan fingerprint density at radius 3 is 2.37 bits per heavy atom. The molecule has 4 fully saturated rings. The number of amides is 1. The highest BCUT2D eigenvalue weighted by Gasteiger charge is 2.51. The van der Waals surface area contributed by atoms with Crippen molar-refractivity contribution < 1.29 is 18.1 Å². The molecule has 2 atom stereocenters. The molecule has 3 heterocycles. The van der Waals surface area contributed by atoms with Crippen molar-refractivity contribution in [2.45, 2.75) is 101 Å². The quantitative estimate of drug-likeness (QED) is 0.596. The van der Waals surface area contributed by atoms with Crippen LogP contribution in [0, 0.1) is 5.92 Å². The summed E-state index contributed by atoms with van der Waals surface area (Å²) in [7, 11) is 0. The second-order valence-corrected chi connectivity index (χ2v) is 11.9. The van der Waals surface area contributed by atoms with Crippen LogP contribution in [0.25, 0.3) is 0 Å². The van der Waals surface area contributed by atoms with Crippen LogP contribution in [-0.4, -0.2) is 88.0 Å². The Morgan fingerprint density at radius 1 is 1.06 bits per heavy atom. The van der Waals surface area contributed by atoms with E-state index in [-0.39, 0.29) is 30.1 Å². The molecule has 2 aliphatic heterocycles. The summed E-state index contributed by atoms with van der Waals surface area (Å²) in [6, 6.07) is -0.399. The van der Waals surface area contributed by atoms with Crippen LogP contribution < -0.4 is 0 Å². The van der Waals surface area contributed by atoms with E-state index < -0.39 is 12.0 Å². The lowest BCUT2D eigenvalue weighted by Crippen LogP contribution is -2.60. The van der Waals surface area contributed by atoms with Crippen LogP contribution in [0.5, 0.6) is 0 Å². The van der Waals surface area contributed by atoms with Crippen molar-refractivity contribution in [1.29, 1.82) is 0 Å². The number of aromatic nitrogens is 2. The molecule has 0 aromatic carbocycles. The van der Waals surface area contributed by atoms with E-state index in [1.54, 1.807) is 0 Å². The van der Waals surface area contributed by atoms with Crippen molar-refractivity contribution in [3.63, 3.8) is 0 Å². The van der Waals surface area contributed by atoms with E-state index in [1.165, 1.54) is 0 Å². The smallest absolute Gasteiger partial charge is 0.263 e. The average molecular weight is 494 g/mol. The van der Waals surface area contributed by atoms with Crippen molar-refractivity contribution in [3.05, 3.63) is 11.7 Å². The zero-order valence-electron chi connectivity index (χ0n) is 21.5. The molecule has 2 saturated carbocycles. The Labute approximate surface area is 207 Å². The minimum absolute atomic E-state index is 0.0207. The number of likely N-dealkylation sites (tertiary alicyclic amines) is 1. The summed E-state index contributed by atoms with van der Waals surface area (Å²) in [4.78, 5) is 24.2. The van der Waals surface area contributed by atoms with Crippen LogP contribution in [-0.2, 0) is 10.2 Å². The van der Waals surface area contributed by atoms with Gasteiger partial charge in [0.15, 0.2) is 5.82 Å². The number of halogens is 2. The maximum Gasteiger partial charge on any atom is 0.263 e. The van der Waals surface area contributed by atoms with Gasteiger partial charge in [-0.05, 0) is 58.3 Å². The molecule has 0 radical (unpaired) electrons. The van der Waals surface area contributed by atoms with Gasteiger partial charge in [0.05, 0.1) is 6.04 Å². The summed E-state index contributed by atoms with van der Waals surface area (Å²) in [5, 5.41) is 4.25. The van der Waals surface area contributed by atoms with E-state index in [9.17, 15) is 4.79 Å². The van der Waals surface area contributed by atoms with Crippen LogP contribution >= 0.6 is 0 Å². The number of rotatable bonds is 6. The molecule has 2 aliphatic carbocycles. The Bertz CT molecular complexity index is 886. The highest BCUT2D eigenvalue weighted by molar-refractivity contribution is 5.76. The topological polar surface area (TPSA) is 65.7 Å². The van der Waals surface area contributed by atoms with Crippen molar-refractivity contribution in [3.8, 4) is 0 Å². The van der Waals surface area contributed by atoms with Crippen LogP contribution in [0.15, 0.2) is 4.52 Å². The van der Waals surface area contributed by atoms with Crippen molar-refractivity contribution >= 4 is 5.91 Å². The normalized spacial score (nSPS) is 30.1. The van der Waals surface area contributed by atoms with Crippen LogP contribution in [0.4, 0.5) is 8.78 Å². The fourth-order valence-electron chi connectivity index (χ4n) is 6.36. The molecule has 5 rings (SSSR count). The molecular weight excluding hydrogens is 452 g/mol. The Morgan fingerprint density at radius 2 is 1.74 bits per heavy atom. The van der Waals surface area contributed by atoms with Gasteiger partial charge in [-0.3, -0.25) is 14.6 Å². The van der Waals surface area contributed by atoms with Gasteiger partial charge in [0.2, 0.25) is 11.8 Å². The SMILES string of the molecule is CC(C)N1CCN([C@H]2C(CC(=O)N3CCC(C)(c4noc(C5CC5)n4)CC3)CCCC2(F)F)CC1. The molecular formula is C26H41F2N5O2. The monoisotopic (exact) mass is 493 g/mol. The molecule has 2 saturated heterocycles. The lowest BCUT2D eigenvalue weighted by molar-refractivity contribution is -0.149. The minimum Gasteiger partial charge on any atom is -0.343 e. The molecule has 9 heteroatoms. The largest absolute Gasteiger partial charge is 0.343 e. The van der Waals surface area contributed by atoms with Crippen LogP contribution in [0.3, 0.4) is 0 Å². The Balaban J connectivity index is 1.19. The molecule has 4 aliphatic rings. The van der Waals surface area contributed by atoms with E-state index in [0.29, 0.717) is 51.0 Å². The van der Waals surface area contributed by atoms with Gasteiger partial charge in [-0.15, -0.1) is 0 Å². The molecule has 0 bridgehead atoms. The maximum absolute atomic E-state index is 15.2. The predicted octanol–water partition coefficient (Wildman–Crippen LogP) is 4.05. The van der Waals surface area contributed by atoms with E-state index in [0.717, 1.165) is 50.5 Å². The summed E-state index contributed by atoms with van der Waals surface area (Å²) >= 11 is 0. The third-order valence-electron chi connectivity index (χ3n) is 9.00. The third-order valence-corrected chi connectivity index (χ3v) is 9.00. The number of carbonyl (C=O) groups is 1. The highest BCUT2D eigenvalue weighted by Crippen LogP contribution is 2.43. The molecule has 196 valence electrons. The van der Waals surface area contributed by atoms with E-state index in [1.807, 2.05) is 9.80 Å². The van der Waals surface area contributed by atoms with Gasteiger partial charge in [0.25, 0.3) is 5.92 Å². The van der Waals surface area contributed by atoms with E-state index in [4.69, 9.17) is 4.52 Å². The van der Waals surface area contributed by atoms with Crippen LogP contribution in [0.1, 0.15) is 89.8 Å². The Kier molecular flexibility index (Phi) is 6.94. The fraction of sp³-hybridized carbons (Fsp3) is 0.885. The summed E-state index contributed by atoms with van der Waals surface area (Å²) in [5.74, 6) is -1.08. The second-order valence-electron chi connectivity index (χ2n) is 11.9. The second kappa shape index (κ2) is 9.69. The average Bonchev–Trinajstić information content (AvgIpc) is 3.55. The summed E-state index contributed by atoms with van der Waals surface area (Å²) in [5.41, 5.74) is -0.204. The maximum atomic E-state index is 15.2. The molecule has 0 spiro atoms. The van der Waals surface area contributed by atoms with Gasteiger partial charge in [-0.25, -0.2) is 8.78 Å². The first-order chi connectivity index (χ1) is 16.7. The van der Waals surface area contributed by atoms with Gasteiger partial charge in [0, 0.05) is 69.5 Å². The number of alkyl halides is 2. The highest BCUT2D eigenvalue weighted by atomic mass is 19.3. The molecule has 7 nitrogen and oxygen atoms in total. The standard InChI is InChI=1S/C26H41F2N5O2/c1-18(2)31-13-15-33(16-14-31)22-20(5-4-8-26(22,27)28)17-21(34)32-11-9-25(3,10-12-32)24-29-23(35-30-24)19-6-7-19/h18-20,22H,4-17H2,1-3H3/t20?,22-/m0/s1. The zero-order chi connectivity index (χ0) is 24.8. The summed E-state index contributed by atoms with van der Waals surface area (Å²) in [6.45, 7) is 10.6. The van der Waals surface area contributed by atoms with Gasteiger partial charge in [-0.1, -0.05) is 12.1 Å². The fourth-order valence-corrected chi connectivity index (χ4v) is 6.36. The van der Waals surface area contributed by atoms with Crippen molar-refractivity contribution in [2.75, 3.05) is 39.3 Å². The minimum atomic E-state index is -2.73. The predicted molar refractivity (Wildman–Crippen MR) is 128 cm³/mol. The van der Waals surface area contributed by atoms with Gasteiger partial charge < -0.3 is 9.42 Å². The van der Waals surface area contributed by atoms with E-state index in [2.05, 4.69) is 35.8 Å². The molecule has 1 amide bonds. The number of hydrogen-bond donors (Lipinski definition) is 0. The lowest BCUT2D eigenvalue weighted by Gasteiger charge is -2.48. The van der Waals surface area contributed by atoms with Gasteiger partial charge >= 0.3 is 0 Å². The lowest BCUT2D eigenvalue weighted by atomic mass is 9.77. The van der Waals surface area contributed by atoms with Gasteiger partial charge in [0.1, 0.15) is 0 Å². The molecule has 1 unspecified atom stereocenters. The first-order valence-corrected chi connectivity index (χ1v) is 13.6. The summed E-state index contributed by atoms with van der Waals surface area (Å²) < 4.78 is 35.9. The first kappa shape index (κ1) is 25.1. The van der Waals surface area contributed by atoms with E-state index >= 15 is 8.78 Å². The van der Waals surface area contributed by atoms with Crippen molar-refractivity contribution in [2.24, 2.45) is 5.92 Å². The Hall–Kier alpha value is -1.61. The van der Waals surface area contributed by atoms with Crippen LogP contribution in [0.2, 0.25) is 0 Å². The molecule has 0 N–H and O–H groups in total. The molecule has 1 aromatic heterocycles. The van der Waals surface area contributed by atoms with Gasteiger partial charge in [-0.2, -0.15) is 4.98 Å². The number of hydrogen-bond acceptors (Lipinski definition) is 6. The number of piperidine rings is 1. The molecule has 35 heavy (non-hydrogen) atoms. The molecule has 1 aromatic rings. The zero-order valence-corrected chi connectivity index (χ0v) is 21.5. The first-order valence-electron chi connectivity index (χ1n) is 13.6. The number of nitrogens with zero attached hydrogens (tertiary/aromatic N) is 5. The summed E-state index contributed by atoms with van der Waals surface area (Å²) in [6.07, 6.45) is 5.12. The third kappa shape index (κ3) is 5.26. The number of piperazine rings is 1.